The van der Waals surface area contributed by atoms with Crippen LogP contribution in [0.1, 0.15) is 13.8 Å². The van der Waals surface area contributed by atoms with Crippen molar-refractivity contribution in [1.82, 2.24) is 0 Å². The van der Waals surface area contributed by atoms with Crippen molar-refractivity contribution in [3.8, 4) is 0 Å². The monoisotopic (exact) mass is 331 g/mol. The molecule has 0 aromatic carbocycles. The van der Waals surface area contributed by atoms with Gasteiger partial charge in [-0.15, -0.1) is 0 Å². The van der Waals surface area contributed by atoms with Gasteiger partial charge in [-0.3, -0.25) is 14.4 Å². The largest absolute Gasteiger partial charge is 0.480 e. The van der Waals surface area contributed by atoms with Gasteiger partial charge in [0, 0.05) is 4.75 Å². The van der Waals surface area contributed by atoms with Gasteiger partial charge < -0.3 is 21.1 Å². The molecular formula is C9H17NO6S3. The molecule has 5 N–H and O–H groups in total. The molecule has 0 aliphatic carbocycles. The first-order chi connectivity index (χ1) is 8.32. The summed E-state index contributed by atoms with van der Waals surface area (Å²) in [5.74, 6) is -3.59. The van der Waals surface area contributed by atoms with Gasteiger partial charge in [0.1, 0.15) is 16.5 Å². The summed E-state index contributed by atoms with van der Waals surface area (Å²) >= 11 is 11.0. The third-order valence-electron chi connectivity index (χ3n) is 1.83. The number of hydrogen-bond acceptors (Lipinski definition) is 7. The molecule has 0 aromatic heterocycles. The molecule has 0 saturated carbocycles. The number of thiol groups is 3. The van der Waals surface area contributed by atoms with Gasteiger partial charge in [-0.05, 0) is 13.8 Å². The van der Waals surface area contributed by atoms with E-state index in [-0.39, 0.29) is 0 Å². The van der Waals surface area contributed by atoms with Gasteiger partial charge in [0.25, 0.3) is 0 Å². The van der Waals surface area contributed by atoms with E-state index >= 15 is 0 Å². The van der Waals surface area contributed by atoms with Crippen molar-refractivity contribution in [3.63, 3.8) is 0 Å². The summed E-state index contributed by atoms with van der Waals surface area (Å²) in [7, 11) is 0. The van der Waals surface area contributed by atoms with Crippen LogP contribution in [0.25, 0.3) is 0 Å². The molecule has 0 aliphatic heterocycles. The topological polar surface area (TPSA) is 138 Å². The van der Waals surface area contributed by atoms with E-state index < -0.39 is 39.2 Å². The maximum Gasteiger partial charge on any atom is 0.321 e. The van der Waals surface area contributed by atoms with Crippen molar-refractivity contribution in [1.29, 1.82) is 0 Å². The summed E-state index contributed by atoms with van der Waals surface area (Å²) < 4.78 is -0.647. The van der Waals surface area contributed by atoms with E-state index in [9.17, 15) is 14.4 Å². The van der Waals surface area contributed by atoms with Gasteiger partial charge in [-0.25, -0.2) is 0 Å². The summed E-state index contributed by atoms with van der Waals surface area (Å²) in [6.45, 7) is 3.32. The van der Waals surface area contributed by atoms with Crippen LogP contribution in [0.2, 0.25) is 0 Å². The van der Waals surface area contributed by atoms with Gasteiger partial charge in [-0.2, -0.15) is 37.9 Å². The van der Waals surface area contributed by atoms with Gasteiger partial charge >= 0.3 is 17.9 Å². The molecular weight excluding hydrogens is 314 g/mol. The third-order valence-corrected chi connectivity index (χ3v) is 3.38. The second kappa shape index (κ2) is 8.56. The van der Waals surface area contributed by atoms with E-state index in [2.05, 4.69) is 37.9 Å². The second-order valence-electron chi connectivity index (χ2n) is 4.04. The zero-order valence-corrected chi connectivity index (χ0v) is 12.9. The van der Waals surface area contributed by atoms with E-state index in [0.29, 0.717) is 0 Å². The first kappa shape index (κ1) is 20.7. The van der Waals surface area contributed by atoms with E-state index in [4.69, 9.17) is 21.1 Å². The van der Waals surface area contributed by atoms with Gasteiger partial charge in [0.15, 0.2) is 0 Å². The predicted molar refractivity (Wildman–Crippen MR) is 79.5 cm³/mol. The van der Waals surface area contributed by atoms with Crippen molar-refractivity contribution in [2.24, 2.45) is 5.73 Å². The minimum absolute atomic E-state index is 0.647. The molecule has 112 valence electrons. The lowest BCUT2D eigenvalue weighted by Gasteiger charge is -2.21. The summed E-state index contributed by atoms with van der Waals surface area (Å²) in [4.78, 5) is 30.3. The van der Waals surface area contributed by atoms with E-state index in [1.54, 1.807) is 13.8 Å². The van der Waals surface area contributed by atoms with Crippen molar-refractivity contribution in [2.75, 3.05) is 0 Å². The Bertz CT molecular complexity index is 325. The molecule has 0 amide bonds. The van der Waals surface area contributed by atoms with Crippen molar-refractivity contribution >= 4 is 55.8 Å². The molecule has 0 spiro atoms. The van der Waals surface area contributed by atoms with Gasteiger partial charge in [-0.1, -0.05) is 0 Å². The Balaban J connectivity index is 0. The highest BCUT2D eigenvalue weighted by Crippen LogP contribution is 2.15. The first-order valence-electron chi connectivity index (χ1n) is 4.84. The maximum atomic E-state index is 10.2. The van der Waals surface area contributed by atoms with Crippen LogP contribution in [0.4, 0.5) is 0 Å². The molecule has 0 fully saturated rings. The Kier molecular flexibility index (Phi) is 9.34. The Morgan fingerprint density at radius 2 is 1.21 bits per heavy atom. The highest BCUT2D eigenvalue weighted by Gasteiger charge is 2.28. The fourth-order valence-corrected chi connectivity index (χ4v) is 0.938. The quantitative estimate of drug-likeness (QED) is 0.348. The number of aliphatic carboxylic acids is 3. The van der Waals surface area contributed by atoms with Crippen LogP contribution in [0.3, 0.4) is 0 Å². The van der Waals surface area contributed by atoms with Gasteiger partial charge in [0.2, 0.25) is 0 Å². The normalized spacial score (nSPS) is 15.5. The van der Waals surface area contributed by atoms with Gasteiger partial charge in [0.05, 0.1) is 0 Å². The number of carboxylic acid groups (broad SMARTS) is 3. The lowest BCUT2D eigenvalue weighted by Crippen LogP contribution is -2.45. The van der Waals surface area contributed by atoms with Crippen LogP contribution in [-0.2, 0) is 14.4 Å². The summed E-state index contributed by atoms with van der Waals surface area (Å²) in [5.41, 5.74) is 5.22. The lowest BCUT2D eigenvalue weighted by atomic mass is 10.1. The minimum atomic E-state index is -1.29. The Morgan fingerprint density at radius 1 is 0.947 bits per heavy atom. The van der Waals surface area contributed by atoms with E-state index in [1.807, 2.05) is 0 Å². The highest BCUT2D eigenvalue weighted by atomic mass is 32.1. The zero-order valence-electron chi connectivity index (χ0n) is 10.2. The molecule has 0 heterocycles. The molecule has 0 aromatic rings. The number of hydrogen-bond donors (Lipinski definition) is 7. The molecule has 0 saturated heterocycles. The Labute approximate surface area is 126 Å². The maximum absolute atomic E-state index is 10.2. The summed E-state index contributed by atoms with van der Waals surface area (Å²) in [5, 5.41) is 22.2. The average molecular weight is 331 g/mol. The molecule has 2 unspecified atom stereocenters. The molecule has 7 nitrogen and oxygen atoms in total. The van der Waals surface area contributed by atoms with Crippen LogP contribution in [-0.4, -0.2) is 54.5 Å². The fourth-order valence-electron chi connectivity index (χ4n) is 0.572. The van der Waals surface area contributed by atoms with Crippen LogP contribution in [0.5, 0.6) is 0 Å². The van der Waals surface area contributed by atoms with E-state index in [1.165, 1.54) is 0 Å². The molecule has 19 heavy (non-hydrogen) atoms. The highest BCUT2D eigenvalue weighted by molar-refractivity contribution is 7.86. The molecule has 0 bridgehead atoms. The average Bonchev–Trinajstić information content (AvgIpc) is 2.25. The van der Waals surface area contributed by atoms with Crippen LogP contribution < -0.4 is 5.73 Å². The standard InChI is InChI=1S/C5H11NO2S.C4H6O4S2/c1-5(2,9)3(6)4(7)8;5-3(6)1(9)2(10)4(7)8/h3,9H,6H2,1-2H3,(H,7,8);1-2,9-10H,(H,5,6)(H,7,8)/t3-;/m0./s1. The van der Waals surface area contributed by atoms with Crippen LogP contribution >= 0.6 is 37.9 Å². The Hall–Kier alpha value is -0.580. The van der Waals surface area contributed by atoms with Crippen LogP contribution in [0, 0.1) is 0 Å². The van der Waals surface area contributed by atoms with Crippen LogP contribution in [0.15, 0.2) is 0 Å². The molecule has 0 rings (SSSR count). The summed E-state index contributed by atoms with van der Waals surface area (Å²) in [6, 6.07) is -0.902. The number of carboxylic acids is 3. The second-order valence-corrected chi connectivity index (χ2v) is 6.30. The summed E-state index contributed by atoms with van der Waals surface area (Å²) in [6.07, 6.45) is 0. The lowest BCUT2D eigenvalue weighted by molar-refractivity contribution is -0.142. The third kappa shape index (κ3) is 9.03. The van der Waals surface area contributed by atoms with Crippen molar-refractivity contribution in [3.05, 3.63) is 0 Å². The first-order valence-corrected chi connectivity index (χ1v) is 6.32. The smallest absolute Gasteiger partial charge is 0.321 e. The minimum Gasteiger partial charge on any atom is -0.480 e. The number of carbonyl (C=O) groups is 3. The molecule has 3 atom stereocenters. The fraction of sp³-hybridized carbons (Fsp3) is 0.667. The van der Waals surface area contributed by atoms with Crippen molar-refractivity contribution < 1.29 is 29.7 Å². The molecule has 0 radical (unpaired) electrons. The molecule has 10 heteroatoms. The zero-order chi connectivity index (χ0) is 16.0. The molecule has 0 aliphatic rings. The number of rotatable bonds is 5. The van der Waals surface area contributed by atoms with E-state index in [0.717, 1.165) is 0 Å². The predicted octanol–water partition coefficient (Wildman–Crippen LogP) is -0.141. The van der Waals surface area contributed by atoms with Crippen molar-refractivity contribution in [2.45, 2.75) is 35.1 Å². The Morgan fingerprint density at radius 3 is 1.26 bits per heavy atom. The SMILES string of the molecule is CC(C)(S)[C@@H](N)C(=O)O.O=C(O)C(S)C(S)C(=O)O. The number of nitrogens with two attached hydrogens (primary N) is 1.